The van der Waals surface area contributed by atoms with Gasteiger partial charge in [-0.3, -0.25) is 9.78 Å². The highest BCUT2D eigenvalue weighted by molar-refractivity contribution is 6.05. The van der Waals surface area contributed by atoms with Crippen LogP contribution < -0.4 is 10.1 Å². The van der Waals surface area contributed by atoms with Gasteiger partial charge in [0.25, 0.3) is 5.91 Å². The number of amides is 1. The first-order chi connectivity index (χ1) is 12.0. The number of hydrogen-bond donors (Lipinski definition) is 1. The van der Waals surface area contributed by atoms with Crippen molar-refractivity contribution in [3.05, 3.63) is 59.5 Å². The highest BCUT2D eigenvalue weighted by Gasteiger charge is 2.17. The molecule has 0 radical (unpaired) electrons. The van der Waals surface area contributed by atoms with Crippen molar-refractivity contribution < 1.29 is 9.53 Å². The molecule has 6 nitrogen and oxygen atoms in total. The molecule has 0 saturated heterocycles. The number of pyridine rings is 1. The highest BCUT2D eigenvalue weighted by atomic mass is 16.5. The molecule has 0 spiro atoms. The lowest BCUT2D eigenvalue weighted by Crippen LogP contribution is -2.13. The fraction of sp³-hybridized carbons (Fsp3) is 0.211. The van der Waals surface area contributed by atoms with Crippen LogP contribution in [0.4, 0.5) is 5.69 Å². The van der Waals surface area contributed by atoms with E-state index in [0.29, 0.717) is 22.8 Å². The average molecular weight is 336 g/mol. The van der Waals surface area contributed by atoms with Crippen LogP contribution in [0.25, 0.3) is 11.1 Å². The largest absolute Gasteiger partial charge is 0.480 e. The van der Waals surface area contributed by atoms with Crippen molar-refractivity contribution in [1.29, 1.82) is 0 Å². The Bertz CT molecular complexity index is 914. The van der Waals surface area contributed by atoms with E-state index < -0.39 is 0 Å². The minimum absolute atomic E-state index is 0.254. The zero-order valence-electron chi connectivity index (χ0n) is 14.7. The van der Waals surface area contributed by atoms with Gasteiger partial charge < -0.3 is 10.1 Å². The Morgan fingerprint density at radius 2 is 1.84 bits per heavy atom. The Balaban J connectivity index is 1.88. The summed E-state index contributed by atoms with van der Waals surface area (Å²) in [6.07, 6.45) is 3.29. The number of carbonyl (C=O) groups excluding carboxylic acids is 1. The van der Waals surface area contributed by atoms with E-state index in [1.807, 2.05) is 44.2 Å². The molecule has 0 aliphatic heterocycles. The van der Waals surface area contributed by atoms with Crippen LogP contribution in [0.2, 0.25) is 0 Å². The summed E-state index contributed by atoms with van der Waals surface area (Å²) in [7, 11) is 3.31. The maximum absolute atomic E-state index is 12.6. The molecule has 0 aliphatic carbocycles. The molecule has 0 atom stereocenters. The van der Waals surface area contributed by atoms with Gasteiger partial charge in [-0.2, -0.15) is 5.10 Å². The molecule has 6 heteroatoms. The maximum Gasteiger partial charge on any atom is 0.257 e. The zero-order chi connectivity index (χ0) is 18.0. The molecule has 1 amide bonds. The number of anilines is 1. The first-order valence-corrected chi connectivity index (χ1v) is 7.90. The van der Waals surface area contributed by atoms with Crippen LogP contribution in [0.5, 0.6) is 5.88 Å². The van der Waals surface area contributed by atoms with E-state index in [1.54, 1.807) is 31.2 Å². The van der Waals surface area contributed by atoms with Gasteiger partial charge >= 0.3 is 0 Å². The molecular formula is C19H20N4O2. The highest BCUT2D eigenvalue weighted by Crippen LogP contribution is 2.28. The van der Waals surface area contributed by atoms with Gasteiger partial charge in [0.15, 0.2) is 0 Å². The van der Waals surface area contributed by atoms with E-state index in [0.717, 1.165) is 11.1 Å². The molecule has 128 valence electrons. The lowest BCUT2D eigenvalue weighted by Gasteiger charge is -2.08. The third-order valence-electron chi connectivity index (χ3n) is 3.99. The summed E-state index contributed by atoms with van der Waals surface area (Å²) in [5.74, 6) is 0.254. The summed E-state index contributed by atoms with van der Waals surface area (Å²) in [5.41, 5.74) is 4.82. The van der Waals surface area contributed by atoms with Gasteiger partial charge in [0.05, 0.1) is 18.4 Å². The number of ether oxygens (including phenoxy) is 1. The van der Waals surface area contributed by atoms with Crippen LogP contribution in [-0.4, -0.2) is 27.8 Å². The molecule has 2 aromatic heterocycles. The number of nitrogens with zero attached hydrogens (tertiary/aromatic N) is 3. The van der Waals surface area contributed by atoms with Crippen LogP contribution >= 0.6 is 0 Å². The van der Waals surface area contributed by atoms with Crippen molar-refractivity contribution in [2.45, 2.75) is 13.8 Å². The standard InChI is InChI=1S/C19H20N4O2/c1-12-5-7-14(8-6-12)15-9-16(11-20-10-15)18(24)21-17-13(2)22-23(3)19(17)25-4/h5-11H,1-4H3,(H,21,24). The minimum Gasteiger partial charge on any atom is -0.480 e. The van der Waals surface area contributed by atoms with Crippen LogP contribution in [0, 0.1) is 13.8 Å². The number of aromatic nitrogens is 3. The molecule has 0 unspecified atom stereocenters. The number of nitrogens with one attached hydrogen (secondary N) is 1. The van der Waals surface area contributed by atoms with Crippen LogP contribution in [0.3, 0.4) is 0 Å². The van der Waals surface area contributed by atoms with Gasteiger partial charge in [-0.1, -0.05) is 29.8 Å². The molecule has 0 fully saturated rings. The zero-order valence-corrected chi connectivity index (χ0v) is 14.7. The number of rotatable bonds is 4. The van der Waals surface area contributed by atoms with Gasteiger partial charge in [-0.25, -0.2) is 4.68 Å². The average Bonchev–Trinajstić information content (AvgIpc) is 2.88. The fourth-order valence-corrected chi connectivity index (χ4v) is 2.67. The number of benzene rings is 1. The molecule has 3 aromatic rings. The topological polar surface area (TPSA) is 69.0 Å². The number of hydrogen-bond acceptors (Lipinski definition) is 4. The number of methoxy groups -OCH3 is 1. The molecular weight excluding hydrogens is 316 g/mol. The van der Waals surface area contributed by atoms with Crippen molar-refractivity contribution in [1.82, 2.24) is 14.8 Å². The summed E-state index contributed by atoms with van der Waals surface area (Å²) in [4.78, 5) is 16.8. The summed E-state index contributed by atoms with van der Waals surface area (Å²) < 4.78 is 6.90. The quantitative estimate of drug-likeness (QED) is 0.793. The molecule has 0 saturated carbocycles. The predicted octanol–water partition coefficient (Wildman–Crippen LogP) is 3.36. The molecule has 2 heterocycles. The third kappa shape index (κ3) is 3.38. The normalized spacial score (nSPS) is 10.6. The van der Waals surface area contributed by atoms with Gasteiger partial charge in [0.2, 0.25) is 5.88 Å². The van der Waals surface area contributed by atoms with E-state index in [1.165, 1.54) is 5.56 Å². The Kier molecular flexibility index (Phi) is 4.52. The second-order valence-electron chi connectivity index (χ2n) is 5.88. The Labute approximate surface area is 146 Å². The monoisotopic (exact) mass is 336 g/mol. The number of aryl methyl sites for hydroxylation is 3. The fourth-order valence-electron chi connectivity index (χ4n) is 2.67. The van der Waals surface area contributed by atoms with Crippen LogP contribution in [0.15, 0.2) is 42.7 Å². The van der Waals surface area contributed by atoms with E-state index in [-0.39, 0.29) is 5.91 Å². The van der Waals surface area contributed by atoms with E-state index >= 15 is 0 Å². The Morgan fingerprint density at radius 1 is 1.12 bits per heavy atom. The molecule has 3 rings (SSSR count). The van der Waals surface area contributed by atoms with Crippen LogP contribution in [0.1, 0.15) is 21.6 Å². The van der Waals surface area contributed by atoms with Crippen LogP contribution in [-0.2, 0) is 7.05 Å². The SMILES string of the molecule is COc1c(NC(=O)c2cncc(-c3ccc(C)cc3)c2)c(C)nn1C. The lowest BCUT2D eigenvalue weighted by molar-refractivity contribution is 0.102. The van der Waals surface area contributed by atoms with Crippen molar-refractivity contribution in [2.24, 2.45) is 7.05 Å². The maximum atomic E-state index is 12.6. The third-order valence-corrected chi connectivity index (χ3v) is 3.99. The van der Waals surface area contributed by atoms with E-state index in [9.17, 15) is 4.79 Å². The van der Waals surface area contributed by atoms with Crippen molar-refractivity contribution in [3.8, 4) is 17.0 Å². The van der Waals surface area contributed by atoms with E-state index in [4.69, 9.17) is 4.74 Å². The lowest BCUT2D eigenvalue weighted by atomic mass is 10.0. The second-order valence-corrected chi connectivity index (χ2v) is 5.88. The first-order valence-electron chi connectivity index (χ1n) is 7.90. The molecule has 1 N–H and O–H groups in total. The number of carbonyl (C=O) groups is 1. The molecule has 0 bridgehead atoms. The van der Waals surface area contributed by atoms with Crippen molar-refractivity contribution in [3.63, 3.8) is 0 Å². The molecule has 0 aliphatic rings. The molecule has 25 heavy (non-hydrogen) atoms. The minimum atomic E-state index is -0.254. The molecule has 1 aromatic carbocycles. The Morgan fingerprint density at radius 3 is 2.52 bits per heavy atom. The smallest absolute Gasteiger partial charge is 0.257 e. The van der Waals surface area contributed by atoms with Crippen molar-refractivity contribution in [2.75, 3.05) is 12.4 Å². The van der Waals surface area contributed by atoms with Crippen molar-refractivity contribution >= 4 is 11.6 Å². The summed E-state index contributed by atoms with van der Waals surface area (Å²) in [6.45, 7) is 3.86. The second kappa shape index (κ2) is 6.76. The summed E-state index contributed by atoms with van der Waals surface area (Å²) >= 11 is 0. The van der Waals surface area contributed by atoms with Gasteiger partial charge in [0.1, 0.15) is 5.69 Å². The van der Waals surface area contributed by atoms with E-state index in [2.05, 4.69) is 15.4 Å². The summed E-state index contributed by atoms with van der Waals surface area (Å²) in [6, 6.07) is 9.92. The summed E-state index contributed by atoms with van der Waals surface area (Å²) in [5, 5.41) is 7.13. The van der Waals surface area contributed by atoms with Gasteiger partial charge in [0, 0.05) is 25.0 Å². The predicted molar refractivity (Wildman–Crippen MR) is 96.9 cm³/mol. The Hall–Kier alpha value is -3.15. The first kappa shape index (κ1) is 16.7. The van der Waals surface area contributed by atoms with Gasteiger partial charge in [-0.15, -0.1) is 0 Å². The van der Waals surface area contributed by atoms with Gasteiger partial charge in [-0.05, 0) is 25.5 Å².